The zero-order chi connectivity index (χ0) is 31.6. The molecule has 0 aromatic carbocycles. The molecule has 0 unspecified atom stereocenters. The molecule has 0 aromatic heterocycles. The molecule has 0 aliphatic rings. The van der Waals surface area contributed by atoms with Gasteiger partial charge in [0.15, 0.2) is 0 Å². The average Bonchev–Trinajstić information content (AvgIpc) is 2.95. The molecule has 0 aliphatic heterocycles. The molecule has 0 N–H and O–H groups in total. The van der Waals surface area contributed by atoms with E-state index >= 15 is 0 Å². The van der Waals surface area contributed by atoms with Crippen molar-refractivity contribution in [1.82, 2.24) is 0 Å². The Bertz CT molecular complexity index is 540. The maximum absolute atomic E-state index is 5.60. The van der Waals surface area contributed by atoms with E-state index in [0.717, 1.165) is 25.7 Å². The summed E-state index contributed by atoms with van der Waals surface area (Å²) in [5.41, 5.74) is -4.80. The van der Waals surface area contributed by atoms with Crippen LogP contribution in [0.4, 0.5) is 0 Å². The summed E-state index contributed by atoms with van der Waals surface area (Å²) in [7, 11) is 0. The van der Waals surface area contributed by atoms with Gasteiger partial charge in [0.2, 0.25) is 0 Å². The summed E-state index contributed by atoms with van der Waals surface area (Å²) in [6.45, 7) is 11.6. The number of hydrogen-bond donors (Lipinski definition) is 0. The van der Waals surface area contributed by atoms with Crippen LogP contribution in [0.25, 0.3) is 0 Å². The van der Waals surface area contributed by atoms with Crippen LogP contribution in [0.5, 0.6) is 0 Å². The smallest absolute Gasteiger partial charge is 0.691 e. The van der Waals surface area contributed by atoms with Crippen molar-refractivity contribution in [3.05, 3.63) is 0 Å². The van der Waals surface area contributed by atoms with Gasteiger partial charge in [-0.15, -0.1) is 0 Å². The summed E-state index contributed by atoms with van der Waals surface area (Å²) in [5, 5.41) is 0. The van der Waals surface area contributed by atoms with Crippen molar-refractivity contribution < 1.29 is 34.6 Å². The largest absolute Gasteiger partial charge is 2.00 e. The van der Waals surface area contributed by atoms with Gasteiger partial charge in [-0.2, -0.15) is 0 Å². The Labute approximate surface area is 300 Å². The van der Waals surface area contributed by atoms with E-state index in [2.05, 4.69) is 27.7 Å². The Hall–Kier alpha value is 2.33. The molecule has 0 aromatic rings. The van der Waals surface area contributed by atoms with Crippen LogP contribution < -0.4 is 0 Å². The average molecular weight is 766 g/mol. The van der Waals surface area contributed by atoms with E-state index in [1.54, 1.807) is 0 Å². The van der Waals surface area contributed by atoms with Gasteiger partial charge < -0.3 is 42.6 Å². The van der Waals surface area contributed by atoms with Crippen LogP contribution in [-0.4, -0.2) is 26.4 Å². The summed E-state index contributed by atoms with van der Waals surface area (Å²) in [6, 6.07) is 0. The molecule has 0 heterocycles. The van der Waals surface area contributed by atoms with Gasteiger partial charge in [0.05, 0.1) is 37.8 Å². The van der Waals surface area contributed by atoms with E-state index in [0.29, 0.717) is 26.4 Å². The minimum atomic E-state index is -2.40. The first-order chi connectivity index (χ1) is 20.2. The van der Waals surface area contributed by atoms with Crippen molar-refractivity contribution in [2.45, 2.75) is 182 Å². The second kappa shape index (κ2) is 38.8. The SMILES string of the molecule is CCCCCCCCOP(=S)([S-])OCCCCCCCC.CCCCCCCCOP(=S)([S-])OCCCCCCCC.[Ni+2]. The summed E-state index contributed by atoms with van der Waals surface area (Å²) in [6.07, 6.45) is 30.0. The van der Waals surface area contributed by atoms with Crippen molar-refractivity contribution in [2.75, 3.05) is 26.4 Å². The molecule has 0 saturated heterocycles. The monoisotopic (exact) mass is 764 g/mol. The van der Waals surface area contributed by atoms with E-state index in [1.165, 1.54) is 128 Å². The van der Waals surface area contributed by atoms with Crippen molar-refractivity contribution in [3.63, 3.8) is 0 Å². The quantitative estimate of drug-likeness (QED) is 0.0290. The van der Waals surface area contributed by atoms with Crippen molar-refractivity contribution in [3.8, 4) is 0 Å². The Morgan fingerprint density at radius 2 is 0.512 bits per heavy atom. The molecule has 264 valence electrons. The van der Waals surface area contributed by atoms with Gasteiger partial charge in [0, 0.05) is 0 Å². The van der Waals surface area contributed by atoms with Crippen molar-refractivity contribution >= 4 is 59.5 Å². The normalized spacial score (nSPS) is 11.7. The number of hydrogen-bond acceptors (Lipinski definition) is 8. The minimum Gasteiger partial charge on any atom is -0.691 e. The maximum atomic E-state index is 5.60. The molecule has 0 amide bonds. The van der Waals surface area contributed by atoms with E-state index < -0.39 is 11.4 Å². The van der Waals surface area contributed by atoms with Crippen LogP contribution in [0.3, 0.4) is 0 Å². The number of rotatable bonds is 32. The Morgan fingerprint density at radius 1 is 0.349 bits per heavy atom. The molecule has 4 nitrogen and oxygen atoms in total. The first-order valence-corrected chi connectivity index (χ1v) is 24.7. The van der Waals surface area contributed by atoms with Crippen LogP contribution >= 0.6 is 11.4 Å². The standard InChI is InChI=1S/2C16H35O2PS2.Ni/c2*1-3-5-7-9-11-13-15-17-19(20,21)18-16-14-12-10-8-6-4-2;/h2*3-16H2,1-2H3,(H,20,21);/q;;+2/p-2. The summed E-state index contributed by atoms with van der Waals surface area (Å²) in [4.78, 5) is 0. The molecular weight excluding hydrogens is 697 g/mol. The van der Waals surface area contributed by atoms with E-state index in [9.17, 15) is 0 Å². The van der Waals surface area contributed by atoms with Gasteiger partial charge in [0.1, 0.15) is 0 Å². The third-order valence-electron chi connectivity index (χ3n) is 6.99. The van der Waals surface area contributed by atoms with Crippen LogP contribution in [0.1, 0.15) is 182 Å². The third-order valence-corrected chi connectivity index (χ3v) is 11.5. The fourth-order valence-electron chi connectivity index (χ4n) is 4.31. The van der Waals surface area contributed by atoms with Crippen molar-refractivity contribution in [1.29, 1.82) is 0 Å². The fourth-order valence-corrected chi connectivity index (χ4v) is 7.66. The Balaban J connectivity index is -0.000000727. The van der Waals surface area contributed by atoms with Crippen LogP contribution in [0, 0.1) is 0 Å². The molecule has 43 heavy (non-hydrogen) atoms. The zero-order valence-electron chi connectivity index (χ0n) is 28.3. The van der Waals surface area contributed by atoms with Crippen LogP contribution in [0.2, 0.25) is 0 Å². The molecule has 0 aliphatic carbocycles. The van der Waals surface area contributed by atoms with Gasteiger partial charge in [-0.3, -0.25) is 0 Å². The van der Waals surface area contributed by atoms with E-state index in [-0.39, 0.29) is 16.5 Å². The molecule has 0 atom stereocenters. The topological polar surface area (TPSA) is 36.9 Å². The predicted molar refractivity (Wildman–Crippen MR) is 201 cm³/mol. The first kappa shape index (κ1) is 49.7. The minimum absolute atomic E-state index is 0. The molecule has 0 fully saturated rings. The second-order valence-corrected chi connectivity index (χ2v) is 21.3. The van der Waals surface area contributed by atoms with E-state index in [4.69, 9.17) is 66.2 Å². The molecule has 0 spiro atoms. The van der Waals surface area contributed by atoms with Gasteiger partial charge in [-0.05, 0) is 25.7 Å². The summed E-state index contributed by atoms with van der Waals surface area (Å²) < 4.78 is 22.4. The second-order valence-electron chi connectivity index (χ2n) is 11.3. The molecule has 0 radical (unpaired) electrons. The first-order valence-electron chi connectivity index (χ1n) is 17.4. The zero-order valence-corrected chi connectivity index (χ0v) is 34.3. The predicted octanol–water partition coefficient (Wildman–Crippen LogP) is 13.0. The van der Waals surface area contributed by atoms with Gasteiger partial charge in [-0.1, -0.05) is 180 Å². The van der Waals surface area contributed by atoms with Crippen LogP contribution in [0.15, 0.2) is 0 Å². The van der Waals surface area contributed by atoms with Gasteiger partial charge in [-0.25, -0.2) is 0 Å². The molecular formula is C32H68NiO4P2S4. The number of unbranched alkanes of at least 4 members (excludes halogenated alkanes) is 20. The molecule has 0 rings (SSSR count). The molecule has 11 heteroatoms. The summed E-state index contributed by atoms with van der Waals surface area (Å²) in [5.74, 6) is 0. The van der Waals surface area contributed by atoms with Gasteiger partial charge >= 0.3 is 16.5 Å². The van der Waals surface area contributed by atoms with Gasteiger partial charge in [0.25, 0.3) is 0 Å². The van der Waals surface area contributed by atoms with Crippen LogP contribution in [-0.2, 0) is 82.7 Å². The fraction of sp³-hybridized carbons (Fsp3) is 1.00. The Morgan fingerprint density at radius 3 is 0.698 bits per heavy atom. The van der Waals surface area contributed by atoms with Crippen molar-refractivity contribution in [2.24, 2.45) is 0 Å². The molecule has 0 saturated carbocycles. The summed E-state index contributed by atoms with van der Waals surface area (Å²) >= 11 is 21.1. The Kier molecular flexibility index (Phi) is 44.8. The van der Waals surface area contributed by atoms with E-state index in [1.807, 2.05) is 0 Å². The molecule has 0 bridgehead atoms. The third kappa shape index (κ3) is 44.3. The maximum Gasteiger partial charge on any atom is 2.00 e.